The monoisotopic (exact) mass is 360 g/mol. The average molecular weight is 360 g/mol. The van der Waals surface area contributed by atoms with Gasteiger partial charge in [-0.15, -0.1) is 0 Å². The van der Waals surface area contributed by atoms with Gasteiger partial charge in [0.1, 0.15) is 11.6 Å². The molecule has 0 saturated carbocycles. The number of ether oxygens (including phenoxy) is 1. The van der Waals surface area contributed by atoms with Crippen LogP contribution in [0.5, 0.6) is 5.75 Å². The van der Waals surface area contributed by atoms with Gasteiger partial charge < -0.3 is 15.0 Å². The molecule has 0 fully saturated rings. The number of anilines is 3. The Bertz CT molecular complexity index is 970. The van der Waals surface area contributed by atoms with Crippen molar-refractivity contribution < 1.29 is 4.74 Å². The zero-order chi connectivity index (χ0) is 18.8. The number of hydrogen-bond donors (Lipinski definition) is 1. The molecule has 138 valence electrons. The second kappa shape index (κ2) is 7.27. The molecule has 0 unspecified atom stereocenters. The minimum atomic E-state index is 0.763. The second-order valence-corrected chi connectivity index (χ2v) is 6.96. The minimum Gasteiger partial charge on any atom is -0.495 e. The predicted octanol–water partition coefficient (Wildman–Crippen LogP) is 4.41. The third-order valence-corrected chi connectivity index (χ3v) is 4.87. The van der Waals surface area contributed by atoms with Crippen molar-refractivity contribution in [1.82, 2.24) is 9.97 Å². The molecule has 1 aliphatic rings. The van der Waals surface area contributed by atoms with Crippen LogP contribution in [0.2, 0.25) is 0 Å². The normalized spacial score (nSPS) is 13.2. The fourth-order valence-electron chi connectivity index (χ4n) is 3.48. The van der Waals surface area contributed by atoms with Crippen molar-refractivity contribution in [3.05, 3.63) is 70.9 Å². The molecular weight excluding hydrogens is 336 g/mol. The first kappa shape index (κ1) is 17.3. The quantitative estimate of drug-likeness (QED) is 0.747. The summed E-state index contributed by atoms with van der Waals surface area (Å²) in [6, 6.07) is 16.6. The van der Waals surface area contributed by atoms with Gasteiger partial charge in [-0.2, -0.15) is 4.98 Å². The molecule has 5 nitrogen and oxygen atoms in total. The Morgan fingerprint density at radius 2 is 1.81 bits per heavy atom. The fraction of sp³-hybridized carbons (Fsp3) is 0.273. The van der Waals surface area contributed by atoms with Crippen molar-refractivity contribution >= 4 is 17.5 Å². The van der Waals surface area contributed by atoms with E-state index in [9.17, 15) is 0 Å². The summed E-state index contributed by atoms with van der Waals surface area (Å²) in [5.74, 6) is 2.34. The van der Waals surface area contributed by atoms with Crippen molar-refractivity contribution in [2.75, 3.05) is 23.9 Å². The molecule has 2 heterocycles. The Balaban J connectivity index is 1.62. The van der Waals surface area contributed by atoms with Crippen molar-refractivity contribution in [3.8, 4) is 5.75 Å². The van der Waals surface area contributed by atoms with E-state index in [0.29, 0.717) is 0 Å². The average Bonchev–Trinajstić information content (AvgIpc) is 2.67. The number of hydrogen-bond acceptors (Lipinski definition) is 5. The van der Waals surface area contributed by atoms with Crippen LogP contribution in [0.1, 0.15) is 22.4 Å². The van der Waals surface area contributed by atoms with Crippen LogP contribution in [-0.4, -0.2) is 23.6 Å². The molecule has 1 aromatic heterocycles. The summed E-state index contributed by atoms with van der Waals surface area (Å²) in [5, 5.41) is 3.40. The maximum Gasteiger partial charge on any atom is 0.227 e. The Labute approximate surface area is 160 Å². The van der Waals surface area contributed by atoms with E-state index in [-0.39, 0.29) is 0 Å². The van der Waals surface area contributed by atoms with Gasteiger partial charge in [0.15, 0.2) is 0 Å². The van der Waals surface area contributed by atoms with Gasteiger partial charge in [0, 0.05) is 24.8 Å². The van der Waals surface area contributed by atoms with E-state index in [0.717, 1.165) is 54.0 Å². The standard InChI is InChI=1S/C22H24N4O/c1-15-8-9-20(27-3)19(12-15)24-21-13-16(2)23-22(25-21)26-11-10-17-6-4-5-7-18(17)14-26/h4-9,12-13H,10-11,14H2,1-3H3,(H,23,24,25). The van der Waals surface area contributed by atoms with Crippen LogP contribution < -0.4 is 15.0 Å². The zero-order valence-electron chi connectivity index (χ0n) is 16.0. The summed E-state index contributed by atoms with van der Waals surface area (Å²) in [7, 11) is 1.68. The topological polar surface area (TPSA) is 50.3 Å². The Morgan fingerprint density at radius 1 is 1.00 bits per heavy atom. The van der Waals surface area contributed by atoms with E-state index in [1.165, 1.54) is 11.1 Å². The molecule has 0 bridgehead atoms. The van der Waals surface area contributed by atoms with E-state index < -0.39 is 0 Å². The number of rotatable bonds is 4. The van der Waals surface area contributed by atoms with Crippen molar-refractivity contribution in [2.24, 2.45) is 0 Å². The minimum absolute atomic E-state index is 0.763. The van der Waals surface area contributed by atoms with Crippen LogP contribution in [0.4, 0.5) is 17.5 Å². The van der Waals surface area contributed by atoms with Crippen molar-refractivity contribution in [1.29, 1.82) is 0 Å². The number of nitrogens with one attached hydrogen (secondary N) is 1. The zero-order valence-corrected chi connectivity index (χ0v) is 16.0. The molecule has 0 amide bonds. The number of benzene rings is 2. The number of methoxy groups -OCH3 is 1. The molecule has 1 N–H and O–H groups in total. The molecule has 27 heavy (non-hydrogen) atoms. The predicted molar refractivity (Wildman–Crippen MR) is 109 cm³/mol. The summed E-state index contributed by atoms with van der Waals surface area (Å²) < 4.78 is 5.47. The number of nitrogens with zero attached hydrogens (tertiary/aromatic N) is 3. The molecule has 0 atom stereocenters. The number of aromatic nitrogens is 2. The maximum absolute atomic E-state index is 5.47. The highest BCUT2D eigenvalue weighted by atomic mass is 16.5. The third-order valence-electron chi connectivity index (χ3n) is 4.87. The Morgan fingerprint density at radius 3 is 2.63 bits per heavy atom. The fourth-order valence-corrected chi connectivity index (χ4v) is 3.48. The molecule has 2 aromatic carbocycles. The molecule has 5 heteroatoms. The van der Waals surface area contributed by atoms with Gasteiger partial charge in [0.25, 0.3) is 0 Å². The van der Waals surface area contributed by atoms with Gasteiger partial charge in [-0.05, 0) is 49.1 Å². The molecule has 1 aliphatic heterocycles. The highest BCUT2D eigenvalue weighted by Gasteiger charge is 2.19. The highest BCUT2D eigenvalue weighted by Crippen LogP contribution is 2.29. The second-order valence-electron chi connectivity index (χ2n) is 6.96. The molecule has 0 saturated heterocycles. The van der Waals surface area contributed by atoms with Crippen LogP contribution >= 0.6 is 0 Å². The smallest absolute Gasteiger partial charge is 0.227 e. The lowest BCUT2D eigenvalue weighted by Gasteiger charge is -2.29. The molecule has 0 spiro atoms. The first-order chi connectivity index (χ1) is 13.1. The number of fused-ring (bicyclic) bond motifs is 1. The van der Waals surface area contributed by atoms with Crippen LogP contribution in [0.15, 0.2) is 48.5 Å². The lowest BCUT2D eigenvalue weighted by Crippen LogP contribution is -2.32. The molecule has 0 aliphatic carbocycles. The first-order valence-corrected chi connectivity index (χ1v) is 9.21. The van der Waals surface area contributed by atoms with E-state index >= 15 is 0 Å². The van der Waals surface area contributed by atoms with Gasteiger partial charge in [-0.1, -0.05) is 30.3 Å². The summed E-state index contributed by atoms with van der Waals surface area (Å²) in [6.07, 6.45) is 1.02. The van der Waals surface area contributed by atoms with E-state index in [4.69, 9.17) is 9.72 Å². The number of aryl methyl sites for hydroxylation is 2. The van der Waals surface area contributed by atoms with Gasteiger partial charge in [0.05, 0.1) is 12.8 Å². The van der Waals surface area contributed by atoms with Crippen LogP contribution in [0.3, 0.4) is 0 Å². The molecule has 4 rings (SSSR count). The molecule has 0 radical (unpaired) electrons. The maximum atomic E-state index is 5.47. The van der Waals surface area contributed by atoms with Gasteiger partial charge >= 0.3 is 0 Å². The summed E-state index contributed by atoms with van der Waals surface area (Å²) in [4.78, 5) is 11.7. The summed E-state index contributed by atoms with van der Waals surface area (Å²) in [5.41, 5.74) is 5.78. The lowest BCUT2D eigenvalue weighted by atomic mass is 10.0. The van der Waals surface area contributed by atoms with Crippen molar-refractivity contribution in [3.63, 3.8) is 0 Å². The molecule has 3 aromatic rings. The van der Waals surface area contributed by atoms with Crippen molar-refractivity contribution in [2.45, 2.75) is 26.8 Å². The van der Waals surface area contributed by atoms with E-state index in [1.54, 1.807) is 7.11 Å². The lowest BCUT2D eigenvalue weighted by molar-refractivity contribution is 0.416. The van der Waals surface area contributed by atoms with E-state index in [2.05, 4.69) is 52.5 Å². The van der Waals surface area contributed by atoms with Crippen LogP contribution in [0.25, 0.3) is 0 Å². The van der Waals surface area contributed by atoms with Gasteiger partial charge in [-0.3, -0.25) is 0 Å². The van der Waals surface area contributed by atoms with Crippen LogP contribution in [-0.2, 0) is 13.0 Å². The molecular formula is C22H24N4O. The highest BCUT2D eigenvalue weighted by molar-refractivity contribution is 5.66. The van der Waals surface area contributed by atoms with Gasteiger partial charge in [0.2, 0.25) is 5.95 Å². The Hall–Kier alpha value is -3.08. The summed E-state index contributed by atoms with van der Waals surface area (Å²) in [6.45, 7) is 5.83. The SMILES string of the molecule is COc1ccc(C)cc1Nc1cc(C)nc(N2CCc3ccccc3C2)n1. The third kappa shape index (κ3) is 3.72. The summed E-state index contributed by atoms with van der Waals surface area (Å²) >= 11 is 0. The van der Waals surface area contributed by atoms with Gasteiger partial charge in [-0.25, -0.2) is 4.98 Å². The van der Waals surface area contributed by atoms with E-state index in [1.807, 2.05) is 25.1 Å². The first-order valence-electron chi connectivity index (χ1n) is 9.21. The largest absolute Gasteiger partial charge is 0.495 e. The Kier molecular flexibility index (Phi) is 4.67. The van der Waals surface area contributed by atoms with Crippen LogP contribution in [0, 0.1) is 13.8 Å².